The molecule has 0 N–H and O–H groups in total. The second-order valence-corrected chi connectivity index (χ2v) is 4.80. The number of halogens is 1. The molecule has 6 heteroatoms. The van der Waals surface area contributed by atoms with Gasteiger partial charge >= 0.3 is 11.9 Å². The minimum absolute atomic E-state index is 0.164. The van der Waals surface area contributed by atoms with Crippen LogP contribution in [0.2, 0.25) is 5.02 Å². The van der Waals surface area contributed by atoms with Gasteiger partial charge in [0, 0.05) is 18.3 Å². The van der Waals surface area contributed by atoms with Crippen molar-refractivity contribution < 1.29 is 19.1 Å². The lowest BCUT2D eigenvalue weighted by molar-refractivity contribution is 0.0557. The fourth-order valence-corrected chi connectivity index (χ4v) is 2.28. The lowest BCUT2D eigenvalue weighted by Crippen LogP contribution is -2.10. The number of aryl methyl sites for hydroxylation is 1. The molecule has 21 heavy (non-hydrogen) atoms. The first kappa shape index (κ1) is 15.1. The van der Waals surface area contributed by atoms with Crippen LogP contribution in [0.4, 0.5) is 0 Å². The maximum absolute atomic E-state index is 12.1. The molecule has 0 aliphatic carbocycles. The Morgan fingerprint density at radius 3 is 2.14 bits per heavy atom. The Labute approximate surface area is 127 Å². The van der Waals surface area contributed by atoms with Crippen molar-refractivity contribution in [1.82, 2.24) is 4.57 Å². The molecule has 0 spiro atoms. The summed E-state index contributed by atoms with van der Waals surface area (Å²) >= 11 is 5.87. The van der Waals surface area contributed by atoms with Gasteiger partial charge in [0.1, 0.15) is 0 Å². The summed E-state index contributed by atoms with van der Waals surface area (Å²) in [5, 5.41) is 0.584. The molecule has 0 saturated heterocycles. The van der Waals surface area contributed by atoms with E-state index in [0.717, 1.165) is 5.56 Å². The Kier molecular flexibility index (Phi) is 4.33. The number of carbonyl (C=O) groups is 2. The van der Waals surface area contributed by atoms with Crippen molar-refractivity contribution in [1.29, 1.82) is 0 Å². The van der Waals surface area contributed by atoms with E-state index in [1.165, 1.54) is 14.2 Å². The summed E-state index contributed by atoms with van der Waals surface area (Å²) in [6, 6.07) is 6.96. The third-order valence-electron chi connectivity index (χ3n) is 3.09. The van der Waals surface area contributed by atoms with E-state index >= 15 is 0 Å². The summed E-state index contributed by atoms with van der Waals surface area (Å²) in [4.78, 5) is 23.9. The topological polar surface area (TPSA) is 57.5 Å². The van der Waals surface area contributed by atoms with Crippen LogP contribution in [-0.4, -0.2) is 30.7 Å². The van der Waals surface area contributed by atoms with Crippen LogP contribution in [0.5, 0.6) is 0 Å². The number of benzene rings is 1. The van der Waals surface area contributed by atoms with Crippen molar-refractivity contribution in [3.8, 4) is 11.3 Å². The Morgan fingerprint density at radius 2 is 1.62 bits per heavy atom. The lowest BCUT2D eigenvalue weighted by Gasteiger charge is -2.07. The Hall–Kier alpha value is -2.27. The fourth-order valence-electron chi connectivity index (χ4n) is 2.16. The molecule has 0 fully saturated rings. The largest absolute Gasteiger partial charge is 0.465 e. The number of ether oxygens (including phenoxy) is 2. The van der Waals surface area contributed by atoms with E-state index in [2.05, 4.69) is 0 Å². The van der Waals surface area contributed by atoms with Crippen LogP contribution < -0.4 is 0 Å². The van der Waals surface area contributed by atoms with Gasteiger partial charge in [-0.3, -0.25) is 0 Å². The van der Waals surface area contributed by atoms with Crippen molar-refractivity contribution >= 4 is 23.5 Å². The quantitative estimate of drug-likeness (QED) is 0.818. The number of hydrogen-bond donors (Lipinski definition) is 0. The molecule has 0 aliphatic heterocycles. The van der Waals surface area contributed by atoms with Crippen molar-refractivity contribution in [2.24, 2.45) is 7.05 Å². The van der Waals surface area contributed by atoms with Gasteiger partial charge in [0.15, 0.2) is 0 Å². The first-order valence-corrected chi connectivity index (χ1v) is 6.49. The van der Waals surface area contributed by atoms with E-state index < -0.39 is 11.9 Å². The normalized spacial score (nSPS) is 10.3. The van der Waals surface area contributed by atoms with Crippen LogP contribution in [0.1, 0.15) is 20.7 Å². The summed E-state index contributed by atoms with van der Waals surface area (Å²) in [7, 11) is 4.27. The van der Waals surface area contributed by atoms with Crippen molar-refractivity contribution in [2.75, 3.05) is 14.2 Å². The predicted molar refractivity (Wildman–Crippen MR) is 78.5 cm³/mol. The SMILES string of the molecule is COC(=O)c1cn(C)c(-c2ccc(Cl)cc2)c1C(=O)OC. The summed E-state index contributed by atoms with van der Waals surface area (Å²) in [5.74, 6) is -1.19. The van der Waals surface area contributed by atoms with Gasteiger partial charge in [-0.1, -0.05) is 23.7 Å². The molecule has 0 saturated carbocycles. The molecule has 0 atom stereocenters. The number of hydrogen-bond acceptors (Lipinski definition) is 4. The van der Waals surface area contributed by atoms with E-state index in [1.807, 2.05) is 0 Å². The molecule has 2 rings (SSSR count). The first-order valence-electron chi connectivity index (χ1n) is 6.11. The molecule has 110 valence electrons. The number of nitrogens with zero attached hydrogens (tertiary/aromatic N) is 1. The van der Waals surface area contributed by atoms with Crippen molar-refractivity contribution in [2.45, 2.75) is 0 Å². The van der Waals surface area contributed by atoms with E-state index in [9.17, 15) is 9.59 Å². The molecule has 0 aliphatic rings. The highest BCUT2D eigenvalue weighted by molar-refractivity contribution is 6.30. The molecule has 0 unspecified atom stereocenters. The minimum atomic E-state index is -0.596. The highest BCUT2D eigenvalue weighted by Crippen LogP contribution is 2.29. The maximum Gasteiger partial charge on any atom is 0.340 e. The third-order valence-corrected chi connectivity index (χ3v) is 3.35. The molecule has 2 aromatic rings. The lowest BCUT2D eigenvalue weighted by atomic mass is 10.0. The number of aromatic nitrogens is 1. The van der Waals surface area contributed by atoms with Crippen molar-refractivity contribution in [3.63, 3.8) is 0 Å². The summed E-state index contributed by atoms with van der Waals surface area (Å²) in [6.07, 6.45) is 1.54. The standard InChI is InChI=1S/C15H14ClNO4/c1-17-8-11(14(18)20-2)12(15(19)21-3)13(17)9-4-6-10(16)7-5-9/h4-8H,1-3H3. The molecule has 0 amide bonds. The zero-order valence-corrected chi connectivity index (χ0v) is 12.6. The summed E-state index contributed by atoms with van der Waals surface area (Å²) < 4.78 is 11.2. The second-order valence-electron chi connectivity index (χ2n) is 4.37. The molecule has 1 heterocycles. The van der Waals surface area contributed by atoms with E-state index in [0.29, 0.717) is 10.7 Å². The summed E-state index contributed by atoms with van der Waals surface area (Å²) in [6.45, 7) is 0. The number of carbonyl (C=O) groups excluding carboxylic acids is 2. The molecule has 0 bridgehead atoms. The molecule has 0 radical (unpaired) electrons. The smallest absolute Gasteiger partial charge is 0.340 e. The fraction of sp³-hybridized carbons (Fsp3) is 0.200. The van der Waals surface area contributed by atoms with Crippen LogP contribution in [0.3, 0.4) is 0 Å². The van der Waals surface area contributed by atoms with E-state index in [1.54, 1.807) is 42.1 Å². The van der Waals surface area contributed by atoms with Crippen LogP contribution in [0, 0.1) is 0 Å². The highest BCUT2D eigenvalue weighted by atomic mass is 35.5. The maximum atomic E-state index is 12.1. The second kappa shape index (κ2) is 6.01. The van der Waals surface area contributed by atoms with Crippen LogP contribution in [-0.2, 0) is 16.5 Å². The van der Waals surface area contributed by atoms with Crippen molar-refractivity contribution in [3.05, 3.63) is 46.6 Å². The zero-order valence-electron chi connectivity index (χ0n) is 11.8. The van der Waals surface area contributed by atoms with Gasteiger partial charge in [-0.25, -0.2) is 9.59 Å². The molecular weight excluding hydrogens is 294 g/mol. The van der Waals surface area contributed by atoms with Crippen LogP contribution in [0.25, 0.3) is 11.3 Å². The van der Waals surface area contributed by atoms with Crippen LogP contribution in [0.15, 0.2) is 30.5 Å². The Balaban J connectivity index is 2.70. The third kappa shape index (κ3) is 2.78. The van der Waals surface area contributed by atoms with Gasteiger partial charge < -0.3 is 14.0 Å². The average molecular weight is 308 g/mol. The molecule has 5 nitrogen and oxygen atoms in total. The van der Waals surface area contributed by atoms with Gasteiger partial charge in [-0.15, -0.1) is 0 Å². The van der Waals surface area contributed by atoms with Gasteiger partial charge in [-0.2, -0.15) is 0 Å². The minimum Gasteiger partial charge on any atom is -0.465 e. The first-order chi connectivity index (χ1) is 9.99. The number of rotatable bonds is 3. The van der Waals surface area contributed by atoms with E-state index in [-0.39, 0.29) is 11.1 Å². The molecular formula is C15H14ClNO4. The molecule has 1 aromatic carbocycles. The monoisotopic (exact) mass is 307 g/mol. The highest BCUT2D eigenvalue weighted by Gasteiger charge is 2.27. The Bertz CT molecular complexity index is 688. The molecule has 1 aromatic heterocycles. The van der Waals surface area contributed by atoms with Gasteiger partial charge in [0.2, 0.25) is 0 Å². The van der Waals surface area contributed by atoms with Gasteiger partial charge in [0.05, 0.1) is 31.0 Å². The van der Waals surface area contributed by atoms with Crippen LogP contribution >= 0.6 is 11.6 Å². The summed E-state index contributed by atoms with van der Waals surface area (Å²) in [5.41, 5.74) is 1.65. The number of esters is 2. The number of methoxy groups -OCH3 is 2. The average Bonchev–Trinajstić information content (AvgIpc) is 2.84. The van der Waals surface area contributed by atoms with Gasteiger partial charge in [0.25, 0.3) is 0 Å². The Morgan fingerprint density at radius 1 is 1.05 bits per heavy atom. The van der Waals surface area contributed by atoms with E-state index in [4.69, 9.17) is 21.1 Å². The zero-order chi connectivity index (χ0) is 15.6. The predicted octanol–water partition coefficient (Wildman–Crippen LogP) is 2.92. The van der Waals surface area contributed by atoms with Gasteiger partial charge in [-0.05, 0) is 17.7 Å².